The van der Waals surface area contributed by atoms with Crippen LogP contribution in [0.4, 0.5) is 0 Å². The van der Waals surface area contributed by atoms with Crippen LogP contribution in [-0.2, 0) is 27.1 Å². The van der Waals surface area contributed by atoms with Crippen molar-refractivity contribution < 1.29 is 4.42 Å². The lowest BCUT2D eigenvalue weighted by atomic mass is 10.1. The van der Waals surface area contributed by atoms with Crippen LogP contribution in [0.2, 0.25) is 5.28 Å². The highest BCUT2D eigenvalue weighted by molar-refractivity contribution is 6.29. The number of benzene rings is 1. The Labute approximate surface area is 163 Å². The van der Waals surface area contributed by atoms with Gasteiger partial charge in [0.1, 0.15) is 5.58 Å². The number of halogens is 1. The lowest BCUT2D eigenvalue weighted by molar-refractivity contribution is 0.557. The van der Waals surface area contributed by atoms with Gasteiger partial charge in [-0.3, -0.25) is 13.9 Å². The summed E-state index contributed by atoms with van der Waals surface area (Å²) in [5.41, 5.74) is 1.07. The Kier molecular flexibility index (Phi) is 4.23. The van der Waals surface area contributed by atoms with E-state index in [1.165, 1.54) is 29.3 Å². The fourth-order valence-electron chi connectivity index (χ4n) is 3.36. The Balaban J connectivity index is 1.99. The smallest absolute Gasteiger partial charge is 0.336 e. The molecular formula is C19H17ClN4O4. The zero-order valence-electron chi connectivity index (χ0n) is 15.5. The molecule has 0 amide bonds. The van der Waals surface area contributed by atoms with Gasteiger partial charge >= 0.3 is 11.3 Å². The van der Waals surface area contributed by atoms with Crippen LogP contribution in [0.15, 0.2) is 43.1 Å². The number of aromatic nitrogens is 4. The molecule has 0 aliphatic rings. The van der Waals surface area contributed by atoms with Crippen molar-refractivity contribution >= 4 is 33.7 Å². The van der Waals surface area contributed by atoms with Crippen LogP contribution in [0.1, 0.15) is 18.1 Å². The van der Waals surface area contributed by atoms with Crippen molar-refractivity contribution in [3.05, 3.63) is 71.9 Å². The number of nitrogens with zero attached hydrogens (tertiary/aromatic N) is 4. The standard InChI is InChI=1S/C19H17ClN4O4/c1-4-10-5-6-12-11(8-14(25)28-13(12)7-10)9-24-15-16(21-18(24)20)22(2)19(27)23(3)17(15)26/h5-8H,4,9H2,1-3H3. The first-order chi connectivity index (χ1) is 13.3. The van der Waals surface area contributed by atoms with Gasteiger partial charge in [-0.25, -0.2) is 9.59 Å². The fourth-order valence-corrected chi connectivity index (χ4v) is 3.58. The third-order valence-electron chi connectivity index (χ3n) is 4.93. The van der Waals surface area contributed by atoms with E-state index in [-0.39, 0.29) is 23.0 Å². The molecule has 28 heavy (non-hydrogen) atoms. The molecule has 3 aromatic heterocycles. The first-order valence-corrected chi connectivity index (χ1v) is 9.07. The summed E-state index contributed by atoms with van der Waals surface area (Å²) < 4.78 is 9.11. The summed E-state index contributed by atoms with van der Waals surface area (Å²) >= 11 is 6.29. The van der Waals surface area contributed by atoms with Crippen LogP contribution < -0.4 is 16.9 Å². The molecule has 0 saturated heterocycles. The van der Waals surface area contributed by atoms with Gasteiger partial charge in [0, 0.05) is 25.5 Å². The molecule has 0 saturated carbocycles. The molecule has 0 radical (unpaired) electrons. The molecule has 0 spiro atoms. The summed E-state index contributed by atoms with van der Waals surface area (Å²) in [6.07, 6.45) is 0.811. The molecule has 0 aliphatic carbocycles. The molecule has 3 heterocycles. The molecule has 8 nitrogen and oxygen atoms in total. The molecule has 4 rings (SSSR count). The van der Waals surface area contributed by atoms with Crippen LogP contribution in [0.5, 0.6) is 0 Å². The Bertz CT molecular complexity index is 1420. The van der Waals surface area contributed by atoms with Gasteiger partial charge in [-0.2, -0.15) is 4.98 Å². The van der Waals surface area contributed by atoms with Crippen LogP contribution in [0, 0.1) is 0 Å². The lowest BCUT2D eigenvalue weighted by Crippen LogP contribution is -2.37. The summed E-state index contributed by atoms with van der Waals surface area (Å²) in [5.74, 6) is 0. The highest BCUT2D eigenvalue weighted by atomic mass is 35.5. The van der Waals surface area contributed by atoms with Crippen molar-refractivity contribution in [1.29, 1.82) is 0 Å². The summed E-state index contributed by atoms with van der Waals surface area (Å²) in [6.45, 7) is 2.15. The third kappa shape index (κ3) is 2.68. The third-order valence-corrected chi connectivity index (χ3v) is 5.22. The van der Waals surface area contributed by atoms with Gasteiger partial charge in [0.25, 0.3) is 5.56 Å². The highest BCUT2D eigenvalue weighted by Gasteiger charge is 2.19. The maximum Gasteiger partial charge on any atom is 0.336 e. The molecular weight excluding hydrogens is 384 g/mol. The minimum atomic E-state index is -0.502. The number of hydrogen-bond acceptors (Lipinski definition) is 5. The molecule has 9 heteroatoms. The number of rotatable bonds is 3. The Hall–Kier alpha value is -3.13. The first-order valence-electron chi connectivity index (χ1n) is 8.69. The van der Waals surface area contributed by atoms with E-state index in [4.69, 9.17) is 16.0 Å². The van der Waals surface area contributed by atoms with Gasteiger partial charge in [-0.05, 0) is 35.2 Å². The van der Waals surface area contributed by atoms with Gasteiger partial charge in [-0.1, -0.05) is 19.1 Å². The van der Waals surface area contributed by atoms with E-state index in [1.54, 1.807) is 0 Å². The van der Waals surface area contributed by atoms with E-state index in [1.807, 2.05) is 25.1 Å². The molecule has 0 fully saturated rings. The quantitative estimate of drug-likeness (QED) is 0.386. The molecule has 4 aromatic rings. The van der Waals surface area contributed by atoms with Crippen molar-refractivity contribution in [1.82, 2.24) is 18.7 Å². The minimum Gasteiger partial charge on any atom is -0.423 e. The zero-order valence-corrected chi connectivity index (χ0v) is 16.3. The van der Waals surface area contributed by atoms with Crippen LogP contribution >= 0.6 is 11.6 Å². The lowest BCUT2D eigenvalue weighted by Gasteiger charge is -2.10. The molecule has 1 aromatic carbocycles. The summed E-state index contributed by atoms with van der Waals surface area (Å²) in [6, 6.07) is 7.05. The summed E-state index contributed by atoms with van der Waals surface area (Å²) in [7, 11) is 2.92. The SMILES string of the molecule is CCc1ccc2c(Cn3c(Cl)nc4c3c(=O)n(C)c(=O)n4C)cc(=O)oc2c1. The molecule has 144 valence electrons. The van der Waals surface area contributed by atoms with Crippen LogP contribution in [-0.4, -0.2) is 18.7 Å². The van der Waals surface area contributed by atoms with Crippen molar-refractivity contribution in [3.63, 3.8) is 0 Å². The van der Waals surface area contributed by atoms with Gasteiger partial charge in [-0.15, -0.1) is 0 Å². The average molecular weight is 401 g/mol. The number of hydrogen-bond donors (Lipinski definition) is 0. The Morgan fingerprint density at radius 1 is 1.11 bits per heavy atom. The maximum absolute atomic E-state index is 12.7. The molecule has 0 bridgehead atoms. The van der Waals surface area contributed by atoms with Crippen molar-refractivity contribution in [2.24, 2.45) is 14.1 Å². The van der Waals surface area contributed by atoms with E-state index in [0.717, 1.165) is 21.9 Å². The predicted molar refractivity (Wildman–Crippen MR) is 106 cm³/mol. The normalized spacial score (nSPS) is 11.6. The van der Waals surface area contributed by atoms with Crippen molar-refractivity contribution in [2.75, 3.05) is 0 Å². The van der Waals surface area contributed by atoms with Crippen molar-refractivity contribution in [3.8, 4) is 0 Å². The molecule has 0 aliphatic heterocycles. The summed E-state index contributed by atoms with van der Waals surface area (Å²) in [4.78, 5) is 41.1. The second kappa shape index (κ2) is 6.49. The monoisotopic (exact) mass is 400 g/mol. The number of imidazole rings is 1. The maximum atomic E-state index is 12.7. The van der Waals surface area contributed by atoms with Gasteiger partial charge in [0.15, 0.2) is 11.2 Å². The van der Waals surface area contributed by atoms with E-state index in [9.17, 15) is 14.4 Å². The van der Waals surface area contributed by atoms with E-state index in [0.29, 0.717) is 11.1 Å². The van der Waals surface area contributed by atoms with E-state index < -0.39 is 16.9 Å². The average Bonchev–Trinajstić information content (AvgIpc) is 3.00. The molecule has 0 atom stereocenters. The number of fused-ring (bicyclic) bond motifs is 2. The fraction of sp³-hybridized carbons (Fsp3) is 0.263. The van der Waals surface area contributed by atoms with E-state index >= 15 is 0 Å². The van der Waals surface area contributed by atoms with Crippen molar-refractivity contribution in [2.45, 2.75) is 19.9 Å². The predicted octanol–water partition coefficient (Wildman–Crippen LogP) is 1.80. The number of aryl methyl sites for hydroxylation is 2. The summed E-state index contributed by atoms with van der Waals surface area (Å²) in [5, 5.41) is 0.802. The zero-order chi connectivity index (χ0) is 20.2. The Morgan fingerprint density at radius 2 is 1.86 bits per heavy atom. The van der Waals surface area contributed by atoms with Crippen LogP contribution in [0.3, 0.4) is 0 Å². The highest BCUT2D eigenvalue weighted by Crippen LogP contribution is 2.23. The van der Waals surface area contributed by atoms with Crippen LogP contribution in [0.25, 0.3) is 22.1 Å². The van der Waals surface area contributed by atoms with Gasteiger partial charge in [0.2, 0.25) is 5.28 Å². The largest absolute Gasteiger partial charge is 0.423 e. The minimum absolute atomic E-state index is 0.0554. The van der Waals surface area contributed by atoms with E-state index in [2.05, 4.69) is 4.98 Å². The molecule has 0 N–H and O–H groups in total. The van der Waals surface area contributed by atoms with Gasteiger partial charge in [0.05, 0.1) is 6.54 Å². The van der Waals surface area contributed by atoms with Gasteiger partial charge < -0.3 is 8.98 Å². The topological polar surface area (TPSA) is 92.0 Å². The second-order valence-corrected chi connectivity index (χ2v) is 6.96. The Morgan fingerprint density at radius 3 is 2.57 bits per heavy atom. The first kappa shape index (κ1) is 18.2. The molecule has 0 unspecified atom stereocenters. The second-order valence-electron chi connectivity index (χ2n) is 6.62.